The molecular formula is C39H62O9. The third-order valence-electron chi connectivity index (χ3n) is 8.96. The number of carbonyl (C=O) groups is 3. The van der Waals surface area contributed by atoms with Crippen LogP contribution in [0.3, 0.4) is 0 Å². The number of rotatable bonds is 29. The van der Waals surface area contributed by atoms with Crippen molar-refractivity contribution in [3.8, 4) is 0 Å². The van der Waals surface area contributed by atoms with Crippen molar-refractivity contribution < 1.29 is 42.8 Å². The van der Waals surface area contributed by atoms with E-state index in [1.807, 2.05) is 18.2 Å². The van der Waals surface area contributed by atoms with Gasteiger partial charge < -0.3 is 28.4 Å². The standard InChI is InChI=1S/C39H62O9/c1-4-7-10-19-31-34(46-31)22-13-16-25-37(40)43-28-30(45-39(42)27-18-15-24-36-33(48-36)21-12-9-6-3)29-44-38(41)26-17-14-23-35-32(47-35)20-11-8-5-2/h13-18,30-36H,4-12,19-29H2,1-3H3. The molecule has 0 aliphatic carbocycles. The van der Waals surface area contributed by atoms with E-state index in [0.717, 1.165) is 38.5 Å². The number of hydrogen-bond donors (Lipinski definition) is 0. The third-order valence-corrected chi connectivity index (χ3v) is 8.96. The van der Waals surface area contributed by atoms with Crippen LogP contribution in [0.5, 0.6) is 0 Å². The second-order valence-corrected chi connectivity index (χ2v) is 13.3. The van der Waals surface area contributed by atoms with Gasteiger partial charge in [-0.15, -0.1) is 0 Å². The molecule has 0 saturated carbocycles. The number of ether oxygens (including phenoxy) is 6. The fourth-order valence-electron chi connectivity index (χ4n) is 5.78. The summed E-state index contributed by atoms with van der Waals surface area (Å²) in [5.74, 6) is -1.35. The molecule has 3 heterocycles. The van der Waals surface area contributed by atoms with Gasteiger partial charge in [0.15, 0.2) is 6.10 Å². The Labute approximate surface area is 289 Å². The Hall–Kier alpha value is -2.49. The average Bonchev–Trinajstić information content (AvgIpc) is 4.00. The van der Waals surface area contributed by atoms with Gasteiger partial charge in [0, 0.05) is 0 Å². The maximum atomic E-state index is 12.6. The lowest BCUT2D eigenvalue weighted by atomic mass is 10.1. The summed E-state index contributed by atoms with van der Waals surface area (Å²) in [5, 5.41) is 0. The maximum Gasteiger partial charge on any atom is 0.310 e. The summed E-state index contributed by atoms with van der Waals surface area (Å²) >= 11 is 0. The number of esters is 3. The molecule has 272 valence electrons. The van der Waals surface area contributed by atoms with E-state index in [0.29, 0.717) is 18.3 Å². The predicted octanol–water partition coefficient (Wildman–Crippen LogP) is 8.04. The summed E-state index contributed by atoms with van der Waals surface area (Å²) in [6.07, 6.45) is 28.7. The van der Waals surface area contributed by atoms with Gasteiger partial charge in [0.1, 0.15) is 13.2 Å². The average molecular weight is 675 g/mol. The highest BCUT2D eigenvalue weighted by molar-refractivity contribution is 5.73. The van der Waals surface area contributed by atoms with Crippen molar-refractivity contribution in [2.75, 3.05) is 13.2 Å². The van der Waals surface area contributed by atoms with E-state index in [1.54, 1.807) is 18.2 Å². The molecule has 0 spiro atoms. The first-order chi connectivity index (χ1) is 23.4. The summed E-state index contributed by atoms with van der Waals surface area (Å²) in [4.78, 5) is 37.4. The van der Waals surface area contributed by atoms with Crippen LogP contribution in [0.15, 0.2) is 36.5 Å². The monoisotopic (exact) mass is 674 g/mol. The van der Waals surface area contributed by atoms with Crippen molar-refractivity contribution in [3.63, 3.8) is 0 Å². The summed E-state index contributed by atoms with van der Waals surface area (Å²) < 4.78 is 33.4. The number of unbranched alkanes of at least 4 members (excludes halogenated alkanes) is 6. The lowest BCUT2D eigenvalue weighted by Crippen LogP contribution is -2.30. The van der Waals surface area contributed by atoms with Crippen LogP contribution >= 0.6 is 0 Å². The Morgan fingerprint density at radius 3 is 1.21 bits per heavy atom. The minimum absolute atomic E-state index is 0.0719. The Morgan fingerprint density at radius 1 is 0.500 bits per heavy atom. The van der Waals surface area contributed by atoms with Crippen molar-refractivity contribution in [3.05, 3.63) is 36.5 Å². The molecule has 48 heavy (non-hydrogen) atoms. The molecule has 0 aromatic carbocycles. The minimum atomic E-state index is -0.894. The largest absolute Gasteiger partial charge is 0.461 e. The summed E-state index contributed by atoms with van der Waals surface area (Å²) in [6, 6.07) is 0. The van der Waals surface area contributed by atoms with Gasteiger partial charge in [-0.1, -0.05) is 115 Å². The van der Waals surface area contributed by atoms with Crippen molar-refractivity contribution in [1.29, 1.82) is 0 Å². The van der Waals surface area contributed by atoms with E-state index >= 15 is 0 Å². The SMILES string of the molecule is CCCCCC1OC1CC=CCC(=O)OCC(COC(=O)CC=CCC1OC1CCCCC)OC(=O)CC=CCC1OC1CCCCC. The number of hydrogen-bond acceptors (Lipinski definition) is 9. The van der Waals surface area contributed by atoms with E-state index in [4.69, 9.17) is 28.4 Å². The van der Waals surface area contributed by atoms with Crippen molar-refractivity contribution >= 4 is 17.9 Å². The third kappa shape index (κ3) is 18.3. The van der Waals surface area contributed by atoms with E-state index in [1.165, 1.54) is 57.8 Å². The van der Waals surface area contributed by atoms with E-state index in [9.17, 15) is 14.4 Å². The van der Waals surface area contributed by atoms with Crippen LogP contribution in [0.1, 0.15) is 136 Å². The van der Waals surface area contributed by atoms with Crippen molar-refractivity contribution in [2.45, 2.75) is 179 Å². The van der Waals surface area contributed by atoms with Crippen LogP contribution in [0.4, 0.5) is 0 Å². The Bertz CT molecular complexity index is 967. The highest BCUT2D eigenvalue weighted by Crippen LogP contribution is 2.32. The first kappa shape index (κ1) is 39.9. The van der Waals surface area contributed by atoms with Crippen LogP contribution in [0.25, 0.3) is 0 Å². The maximum absolute atomic E-state index is 12.6. The van der Waals surface area contributed by atoms with Crippen LogP contribution in [0, 0.1) is 0 Å². The molecule has 0 amide bonds. The van der Waals surface area contributed by atoms with Gasteiger partial charge in [-0.2, -0.15) is 0 Å². The minimum Gasteiger partial charge on any atom is -0.461 e. The van der Waals surface area contributed by atoms with Gasteiger partial charge in [-0.3, -0.25) is 14.4 Å². The van der Waals surface area contributed by atoms with Gasteiger partial charge in [-0.25, -0.2) is 0 Å². The molecule has 0 bridgehead atoms. The zero-order chi connectivity index (χ0) is 34.4. The smallest absolute Gasteiger partial charge is 0.310 e. The zero-order valence-corrected chi connectivity index (χ0v) is 29.8. The molecule has 0 radical (unpaired) electrons. The highest BCUT2D eigenvalue weighted by Gasteiger charge is 2.37. The van der Waals surface area contributed by atoms with Crippen LogP contribution in [-0.2, 0) is 42.8 Å². The van der Waals surface area contributed by atoms with Gasteiger partial charge in [0.25, 0.3) is 0 Å². The molecule has 9 heteroatoms. The molecule has 3 aliphatic heterocycles. The molecule has 0 N–H and O–H groups in total. The lowest BCUT2D eigenvalue weighted by molar-refractivity contribution is -0.165. The van der Waals surface area contributed by atoms with Crippen molar-refractivity contribution in [1.82, 2.24) is 0 Å². The molecule has 3 aliphatic rings. The normalized spacial score (nSPS) is 25.1. The predicted molar refractivity (Wildman–Crippen MR) is 185 cm³/mol. The molecule has 3 rings (SSSR count). The molecule has 3 fully saturated rings. The van der Waals surface area contributed by atoms with Gasteiger partial charge in [0.05, 0.1) is 55.9 Å². The Kier molecular flexibility index (Phi) is 19.8. The lowest BCUT2D eigenvalue weighted by Gasteiger charge is -2.17. The fourth-order valence-corrected chi connectivity index (χ4v) is 5.78. The molecular weight excluding hydrogens is 612 g/mol. The Morgan fingerprint density at radius 2 is 0.854 bits per heavy atom. The van der Waals surface area contributed by atoms with Crippen LogP contribution in [0.2, 0.25) is 0 Å². The topological polar surface area (TPSA) is 116 Å². The second-order valence-electron chi connectivity index (χ2n) is 13.3. The number of epoxide rings is 3. The molecule has 0 aromatic rings. The summed E-state index contributed by atoms with van der Waals surface area (Å²) in [6.45, 7) is 6.19. The quantitative estimate of drug-likeness (QED) is 0.0256. The first-order valence-corrected chi connectivity index (χ1v) is 18.8. The highest BCUT2D eigenvalue weighted by atomic mass is 16.6. The molecule has 6 unspecified atom stereocenters. The zero-order valence-electron chi connectivity index (χ0n) is 29.8. The fraction of sp³-hybridized carbons (Fsp3) is 0.769. The number of carbonyl (C=O) groups excluding carboxylic acids is 3. The Balaban J connectivity index is 1.34. The van der Waals surface area contributed by atoms with E-state index < -0.39 is 24.0 Å². The van der Waals surface area contributed by atoms with Gasteiger partial charge in [-0.05, 0) is 38.5 Å². The first-order valence-electron chi connectivity index (χ1n) is 18.8. The van der Waals surface area contributed by atoms with E-state index in [2.05, 4.69) is 20.8 Å². The second kappa shape index (κ2) is 23.8. The molecule has 9 nitrogen and oxygen atoms in total. The molecule has 6 atom stereocenters. The summed E-state index contributed by atoms with van der Waals surface area (Å²) in [7, 11) is 0. The van der Waals surface area contributed by atoms with Crippen molar-refractivity contribution in [2.24, 2.45) is 0 Å². The van der Waals surface area contributed by atoms with E-state index in [-0.39, 0.29) is 50.8 Å². The van der Waals surface area contributed by atoms with Crippen LogP contribution < -0.4 is 0 Å². The van der Waals surface area contributed by atoms with Crippen LogP contribution in [-0.4, -0.2) is 73.8 Å². The van der Waals surface area contributed by atoms with Gasteiger partial charge >= 0.3 is 17.9 Å². The summed E-state index contributed by atoms with van der Waals surface area (Å²) in [5.41, 5.74) is 0. The van der Waals surface area contributed by atoms with Gasteiger partial charge in [0.2, 0.25) is 0 Å². The molecule has 3 saturated heterocycles. The molecule has 0 aromatic heterocycles.